The van der Waals surface area contributed by atoms with E-state index in [4.69, 9.17) is 42.5 Å². The molecule has 0 bridgehead atoms. The van der Waals surface area contributed by atoms with Crippen LogP contribution in [0, 0.1) is 0 Å². The van der Waals surface area contributed by atoms with Crippen molar-refractivity contribution in [1.29, 1.82) is 0 Å². The second-order valence-corrected chi connectivity index (χ2v) is 11.8. The number of hydrogen-bond donors (Lipinski definition) is 1. The van der Waals surface area contributed by atoms with Crippen molar-refractivity contribution >= 4 is 62.8 Å². The Balaban J connectivity index is 1.76. The first-order valence-corrected chi connectivity index (χ1v) is 14.9. The number of ether oxygens (including phenoxy) is 3. The molecule has 12 heteroatoms. The quantitative estimate of drug-likeness (QED) is 0.176. The number of halogens is 3. The number of thioether (sulfide) groups is 1. The normalized spacial score (nSPS) is 14.7. The van der Waals surface area contributed by atoms with Crippen LogP contribution in [-0.4, -0.2) is 39.7 Å². The highest BCUT2D eigenvalue weighted by atomic mass is 79.9. The monoisotopic (exact) mass is 654 g/mol. The van der Waals surface area contributed by atoms with E-state index in [1.54, 1.807) is 35.7 Å². The lowest BCUT2D eigenvalue weighted by Gasteiger charge is -2.29. The van der Waals surface area contributed by atoms with Gasteiger partial charge in [0.05, 0.1) is 23.3 Å². The molecule has 1 aromatic heterocycles. The van der Waals surface area contributed by atoms with Gasteiger partial charge in [0.25, 0.3) is 0 Å². The van der Waals surface area contributed by atoms with Gasteiger partial charge in [0, 0.05) is 27.1 Å². The van der Waals surface area contributed by atoms with Crippen molar-refractivity contribution in [3.63, 3.8) is 0 Å². The zero-order valence-corrected chi connectivity index (χ0v) is 26.1. The van der Waals surface area contributed by atoms with Crippen LogP contribution in [0.3, 0.4) is 0 Å². The first kappa shape index (κ1) is 29.6. The van der Waals surface area contributed by atoms with E-state index in [9.17, 15) is 4.79 Å². The van der Waals surface area contributed by atoms with Crippen molar-refractivity contribution in [3.05, 3.63) is 67.2 Å². The van der Waals surface area contributed by atoms with Crippen LogP contribution in [0.15, 0.2) is 51.2 Å². The number of aromatic nitrogens is 3. The molecule has 0 fully saturated rings. The highest BCUT2D eigenvalue weighted by Crippen LogP contribution is 2.43. The third kappa shape index (κ3) is 6.67. The minimum absolute atomic E-state index is 0.202. The molecule has 0 radical (unpaired) electrons. The molecular weight excluding hydrogens is 627 g/mol. The highest BCUT2D eigenvalue weighted by Gasteiger charge is 2.36. The Morgan fingerprint density at radius 3 is 2.69 bits per heavy atom. The van der Waals surface area contributed by atoms with Crippen LogP contribution in [0.25, 0.3) is 0 Å². The van der Waals surface area contributed by atoms with Gasteiger partial charge >= 0.3 is 5.97 Å². The molecule has 1 aliphatic heterocycles. The summed E-state index contributed by atoms with van der Waals surface area (Å²) in [5, 5.41) is 9.65. The largest absolute Gasteiger partial charge is 0.493 e. The number of nitrogens with zero attached hydrogens (tertiary/aromatic N) is 3. The molecule has 0 saturated carbocycles. The summed E-state index contributed by atoms with van der Waals surface area (Å²) in [6, 6.07) is 8.35. The van der Waals surface area contributed by atoms with Gasteiger partial charge in [-0.15, -0.1) is 5.10 Å². The number of benzene rings is 2. The number of hydrogen-bond acceptors (Lipinski definition) is 8. The number of esters is 1. The van der Waals surface area contributed by atoms with Gasteiger partial charge in [-0.3, -0.25) is 0 Å². The van der Waals surface area contributed by atoms with E-state index in [0.717, 1.165) is 23.3 Å². The number of fused-ring (bicyclic) bond motifs is 1. The fourth-order valence-electron chi connectivity index (χ4n) is 4.06. The summed E-state index contributed by atoms with van der Waals surface area (Å²) >= 11 is 17.6. The Morgan fingerprint density at radius 1 is 1.26 bits per heavy atom. The topological polar surface area (TPSA) is 87.5 Å². The standard InChI is InChI=1S/C27H29BrCl2N4O4S/c1-6-9-39-27-32-26-31-15(4)22(25(35)38-14(2)3)23(34(26)33-27)17-10-19(28)24(21(11-17)36-5)37-13-16-7-8-18(29)12-20(16)30/h7-8,10-12,14,23H,6,9,13H2,1-5H3,(H,31,32,33). The zero-order valence-electron chi connectivity index (χ0n) is 22.2. The first-order valence-electron chi connectivity index (χ1n) is 12.3. The van der Waals surface area contributed by atoms with E-state index in [0.29, 0.717) is 48.4 Å². The van der Waals surface area contributed by atoms with E-state index in [1.165, 1.54) is 0 Å². The van der Waals surface area contributed by atoms with E-state index in [-0.39, 0.29) is 12.7 Å². The lowest BCUT2D eigenvalue weighted by atomic mass is 9.95. The average molecular weight is 656 g/mol. The van der Waals surface area contributed by atoms with Crippen LogP contribution >= 0.6 is 50.9 Å². The van der Waals surface area contributed by atoms with Crippen molar-refractivity contribution < 1.29 is 19.0 Å². The molecule has 1 unspecified atom stereocenters. The summed E-state index contributed by atoms with van der Waals surface area (Å²) in [7, 11) is 1.56. The van der Waals surface area contributed by atoms with Gasteiger partial charge in [0.15, 0.2) is 11.5 Å². The third-order valence-corrected chi connectivity index (χ3v) is 8.01. The number of allylic oxidation sites excluding steroid dienone is 1. The molecule has 3 aromatic rings. The van der Waals surface area contributed by atoms with Gasteiger partial charge in [-0.1, -0.05) is 48.0 Å². The Labute approximate surface area is 250 Å². The second-order valence-electron chi connectivity index (χ2n) is 9.09. The number of nitrogens with one attached hydrogen (secondary N) is 1. The van der Waals surface area contributed by atoms with Crippen molar-refractivity contribution in [2.24, 2.45) is 0 Å². The summed E-state index contributed by atoms with van der Waals surface area (Å²) in [6.07, 6.45) is 0.699. The maximum absolute atomic E-state index is 13.3. The Bertz CT molecular complexity index is 1410. The molecule has 39 heavy (non-hydrogen) atoms. The highest BCUT2D eigenvalue weighted by molar-refractivity contribution is 9.10. The second kappa shape index (κ2) is 12.8. The molecule has 8 nitrogen and oxygen atoms in total. The lowest BCUT2D eigenvalue weighted by molar-refractivity contribution is -0.143. The van der Waals surface area contributed by atoms with E-state index in [1.807, 2.05) is 39.0 Å². The Hall–Kier alpha value is -2.40. The smallest absolute Gasteiger partial charge is 0.338 e. The summed E-state index contributed by atoms with van der Waals surface area (Å²) < 4.78 is 19.8. The molecule has 1 N–H and O–H groups in total. The van der Waals surface area contributed by atoms with Crippen molar-refractivity contribution in [1.82, 2.24) is 14.8 Å². The van der Waals surface area contributed by atoms with E-state index >= 15 is 0 Å². The Kier molecular flexibility index (Phi) is 9.74. The average Bonchev–Trinajstić information content (AvgIpc) is 3.28. The van der Waals surface area contributed by atoms with Crippen LogP contribution in [-0.2, 0) is 16.1 Å². The molecule has 0 aliphatic carbocycles. The van der Waals surface area contributed by atoms with Gasteiger partial charge in [0.1, 0.15) is 12.6 Å². The van der Waals surface area contributed by atoms with Crippen LogP contribution in [0.4, 0.5) is 5.95 Å². The SMILES string of the molecule is CCCSc1nc2n(n1)C(c1cc(Br)c(OCc3ccc(Cl)cc3Cl)c(OC)c1)C(C(=O)OC(C)C)=C(C)N2. The van der Waals surface area contributed by atoms with Crippen LogP contribution in [0.1, 0.15) is 51.3 Å². The Morgan fingerprint density at radius 2 is 2.03 bits per heavy atom. The summed E-state index contributed by atoms with van der Waals surface area (Å²) in [5.74, 6) is 1.96. The van der Waals surface area contributed by atoms with Crippen molar-refractivity contribution in [3.8, 4) is 11.5 Å². The summed E-state index contributed by atoms with van der Waals surface area (Å²) in [4.78, 5) is 18.0. The molecule has 0 saturated heterocycles. The molecule has 2 heterocycles. The van der Waals surface area contributed by atoms with Gasteiger partial charge < -0.3 is 19.5 Å². The maximum Gasteiger partial charge on any atom is 0.338 e. The molecule has 208 valence electrons. The van der Waals surface area contributed by atoms with E-state index in [2.05, 4.69) is 33.2 Å². The van der Waals surface area contributed by atoms with Crippen LogP contribution in [0.5, 0.6) is 11.5 Å². The van der Waals surface area contributed by atoms with Crippen LogP contribution in [0.2, 0.25) is 10.0 Å². The predicted molar refractivity (Wildman–Crippen MR) is 158 cm³/mol. The number of carbonyl (C=O) groups excluding carboxylic acids is 1. The molecule has 0 amide bonds. The number of carbonyl (C=O) groups is 1. The van der Waals surface area contributed by atoms with Gasteiger partial charge in [0.2, 0.25) is 11.1 Å². The van der Waals surface area contributed by atoms with Gasteiger partial charge in [-0.05, 0) is 73.0 Å². The van der Waals surface area contributed by atoms with Gasteiger partial charge in [-0.25, -0.2) is 9.48 Å². The first-order chi connectivity index (χ1) is 18.6. The lowest BCUT2D eigenvalue weighted by Crippen LogP contribution is -2.30. The van der Waals surface area contributed by atoms with Crippen LogP contribution < -0.4 is 14.8 Å². The molecule has 2 aromatic carbocycles. The number of anilines is 1. The van der Waals surface area contributed by atoms with Crippen molar-refractivity contribution in [2.75, 3.05) is 18.2 Å². The molecular formula is C27H29BrCl2N4O4S. The maximum atomic E-state index is 13.3. The minimum Gasteiger partial charge on any atom is -0.493 e. The minimum atomic E-state index is -0.610. The third-order valence-electron chi connectivity index (χ3n) is 5.79. The molecule has 1 atom stereocenters. The number of methoxy groups -OCH3 is 1. The van der Waals surface area contributed by atoms with E-state index < -0.39 is 12.0 Å². The summed E-state index contributed by atoms with van der Waals surface area (Å²) in [6.45, 7) is 7.77. The number of rotatable bonds is 10. The summed E-state index contributed by atoms with van der Waals surface area (Å²) in [5.41, 5.74) is 2.60. The predicted octanol–water partition coefficient (Wildman–Crippen LogP) is 7.68. The molecule has 1 aliphatic rings. The zero-order chi connectivity index (χ0) is 28.3. The van der Waals surface area contributed by atoms with Crippen molar-refractivity contribution in [2.45, 2.75) is 58.0 Å². The molecule has 4 rings (SSSR count). The fraction of sp³-hybridized carbons (Fsp3) is 0.370. The fourth-order valence-corrected chi connectivity index (χ4v) is 5.78. The molecule has 0 spiro atoms. The van der Waals surface area contributed by atoms with Gasteiger partial charge in [-0.2, -0.15) is 4.98 Å².